The van der Waals surface area contributed by atoms with Crippen LogP contribution in [0.2, 0.25) is 0 Å². The molecule has 1 amide bonds. The molecule has 3 aromatic rings. The highest BCUT2D eigenvalue weighted by Gasteiger charge is 2.47. The van der Waals surface area contributed by atoms with Crippen LogP contribution in [0.25, 0.3) is 11.1 Å². The lowest BCUT2D eigenvalue weighted by molar-refractivity contribution is -0.144. The molecule has 0 spiro atoms. The van der Waals surface area contributed by atoms with E-state index in [-0.39, 0.29) is 18.7 Å². The minimum atomic E-state index is -0.980. The molecule has 9 nitrogen and oxygen atoms in total. The summed E-state index contributed by atoms with van der Waals surface area (Å²) in [5.74, 6) is -0.762. The lowest BCUT2D eigenvalue weighted by atomic mass is 9.80. The second kappa shape index (κ2) is 10.5. The molecule has 1 N–H and O–H groups in total. The van der Waals surface area contributed by atoms with Gasteiger partial charge in [0.15, 0.2) is 5.82 Å². The number of carbonyl (C=O) groups is 2. The molecule has 2 aromatic carbocycles. The molecule has 4 rings (SSSR count). The Kier molecular flexibility index (Phi) is 7.20. The molecule has 0 bridgehead atoms. The predicted molar refractivity (Wildman–Crippen MR) is 129 cm³/mol. The number of hydrogen-bond donors (Lipinski definition) is 1. The number of nitriles is 1. The van der Waals surface area contributed by atoms with Gasteiger partial charge < -0.3 is 10.0 Å². The topological polar surface area (TPSA) is 125 Å². The maximum Gasteiger partial charge on any atom is 0.304 e. The average molecular weight is 473 g/mol. The molecule has 0 saturated heterocycles. The second-order valence-corrected chi connectivity index (χ2v) is 8.99. The standard InChI is InChI=1S/C26H28N6O3/c1-19(24-28-29-30-31(24)17-7-16-27)32(25(35)26(18-23(33)34)14-5-6-15-26)22-12-10-21(11-13-22)20-8-3-2-4-9-20/h2-4,8-13,19H,5-7,14-15,17-18H2,1H3,(H,33,34). The third-order valence-corrected chi connectivity index (χ3v) is 6.73. The summed E-state index contributed by atoms with van der Waals surface area (Å²) in [6.45, 7) is 2.14. The van der Waals surface area contributed by atoms with Crippen molar-refractivity contribution in [2.24, 2.45) is 5.41 Å². The normalized spacial score (nSPS) is 15.3. The van der Waals surface area contributed by atoms with E-state index in [2.05, 4.69) is 21.6 Å². The number of carboxylic acid groups (broad SMARTS) is 1. The van der Waals surface area contributed by atoms with E-state index in [1.165, 1.54) is 4.68 Å². The molecular formula is C26H28N6O3. The van der Waals surface area contributed by atoms with Crippen LogP contribution in [0.4, 0.5) is 5.69 Å². The van der Waals surface area contributed by atoms with Gasteiger partial charge in [-0.3, -0.25) is 9.59 Å². The summed E-state index contributed by atoms with van der Waals surface area (Å²) in [4.78, 5) is 27.5. The Morgan fingerprint density at radius 3 is 2.40 bits per heavy atom. The van der Waals surface area contributed by atoms with Gasteiger partial charge >= 0.3 is 5.97 Å². The van der Waals surface area contributed by atoms with Crippen LogP contribution in [-0.2, 0) is 16.1 Å². The summed E-state index contributed by atoms with van der Waals surface area (Å²) in [6, 6.07) is 19.1. The van der Waals surface area contributed by atoms with Gasteiger partial charge in [0.25, 0.3) is 0 Å². The smallest absolute Gasteiger partial charge is 0.304 e. The molecule has 1 saturated carbocycles. The highest BCUT2D eigenvalue weighted by molar-refractivity contribution is 6.00. The molecule has 0 radical (unpaired) electrons. The lowest BCUT2D eigenvalue weighted by Crippen LogP contribution is -2.46. The van der Waals surface area contributed by atoms with Crippen molar-refractivity contribution in [1.29, 1.82) is 5.26 Å². The van der Waals surface area contributed by atoms with Crippen LogP contribution in [0.5, 0.6) is 0 Å². The fourth-order valence-corrected chi connectivity index (χ4v) is 4.97. The third-order valence-electron chi connectivity index (χ3n) is 6.73. The number of carboxylic acids is 1. The Balaban J connectivity index is 1.75. The van der Waals surface area contributed by atoms with Gasteiger partial charge in [0.2, 0.25) is 5.91 Å². The predicted octanol–water partition coefficient (Wildman–Crippen LogP) is 4.38. The van der Waals surface area contributed by atoms with Crippen molar-refractivity contribution in [3.8, 4) is 17.2 Å². The number of aryl methyl sites for hydroxylation is 1. The van der Waals surface area contributed by atoms with E-state index in [9.17, 15) is 14.7 Å². The molecule has 1 heterocycles. The van der Waals surface area contributed by atoms with Gasteiger partial charge in [0.05, 0.1) is 36.9 Å². The highest BCUT2D eigenvalue weighted by atomic mass is 16.4. The number of nitrogens with zero attached hydrogens (tertiary/aromatic N) is 6. The first-order valence-electron chi connectivity index (χ1n) is 11.8. The molecule has 1 atom stereocenters. The summed E-state index contributed by atoms with van der Waals surface area (Å²) < 4.78 is 1.53. The van der Waals surface area contributed by atoms with Gasteiger partial charge in [-0.15, -0.1) is 5.10 Å². The molecule has 1 fully saturated rings. The van der Waals surface area contributed by atoms with E-state index in [1.807, 2.05) is 61.5 Å². The molecule has 9 heteroatoms. The van der Waals surface area contributed by atoms with Crippen molar-refractivity contribution < 1.29 is 14.7 Å². The minimum Gasteiger partial charge on any atom is -0.481 e. The number of amides is 1. The van der Waals surface area contributed by atoms with E-state index in [0.29, 0.717) is 30.9 Å². The van der Waals surface area contributed by atoms with E-state index in [1.54, 1.807) is 4.90 Å². The van der Waals surface area contributed by atoms with Crippen LogP contribution in [0.1, 0.15) is 57.3 Å². The molecular weight excluding hydrogens is 444 g/mol. The fourth-order valence-electron chi connectivity index (χ4n) is 4.97. The van der Waals surface area contributed by atoms with Gasteiger partial charge in [-0.25, -0.2) is 4.68 Å². The Hall–Kier alpha value is -4.06. The minimum absolute atomic E-state index is 0.212. The molecule has 1 unspecified atom stereocenters. The van der Waals surface area contributed by atoms with Crippen molar-refractivity contribution in [3.05, 3.63) is 60.4 Å². The molecule has 35 heavy (non-hydrogen) atoms. The SMILES string of the molecule is CC(c1nnnn1CCC#N)N(C(=O)C1(CC(=O)O)CCCC1)c1ccc(-c2ccccc2)cc1. The van der Waals surface area contributed by atoms with Crippen LogP contribution in [0, 0.1) is 16.7 Å². The summed E-state index contributed by atoms with van der Waals surface area (Å²) in [5, 5.41) is 30.6. The second-order valence-electron chi connectivity index (χ2n) is 8.99. The van der Waals surface area contributed by atoms with Crippen molar-refractivity contribution in [3.63, 3.8) is 0 Å². The zero-order chi connectivity index (χ0) is 24.8. The number of aromatic nitrogens is 4. The van der Waals surface area contributed by atoms with Crippen molar-refractivity contribution >= 4 is 17.6 Å². The first-order valence-corrected chi connectivity index (χ1v) is 11.8. The number of benzene rings is 2. The number of aliphatic carboxylic acids is 1. The number of hydrogen-bond acceptors (Lipinski definition) is 6. The Labute approximate surface area is 204 Å². The van der Waals surface area contributed by atoms with Gasteiger partial charge in [-0.1, -0.05) is 55.3 Å². The highest BCUT2D eigenvalue weighted by Crippen LogP contribution is 2.45. The molecule has 1 aromatic heterocycles. The molecule has 1 aliphatic carbocycles. The summed E-state index contributed by atoms with van der Waals surface area (Å²) in [5.41, 5.74) is 1.75. The van der Waals surface area contributed by atoms with E-state index < -0.39 is 17.4 Å². The van der Waals surface area contributed by atoms with Gasteiger partial charge in [0, 0.05) is 5.69 Å². The number of tetrazole rings is 1. The quantitative estimate of drug-likeness (QED) is 0.490. The number of carbonyl (C=O) groups excluding carboxylic acids is 1. The number of rotatable bonds is 9. The van der Waals surface area contributed by atoms with Crippen LogP contribution in [0.3, 0.4) is 0 Å². The maximum atomic E-state index is 14.2. The van der Waals surface area contributed by atoms with E-state index in [0.717, 1.165) is 24.0 Å². The first kappa shape index (κ1) is 24.1. The van der Waals surface area contributed by atoms with Crippen LogP contribution in [0.15, 0.2) is 54.6 Å². The molecule has 180 valence electrons. The van der Waals surface area contributed by atoms with Crippen LogP contribution in [-0.4, -0.2) is 37.2 Å². The monoisotopic (exact) mass is 472 g/mol. The van der Waals surface area contributed by atoms with Crippen LogP contribution < -0.4 is 4.90 Å². The van der Waals surface area contributed by atoms with Crippen molar-refractivity contribution in [2.45, 2.75) is 58.0 Å². The first-order chi connectivity index (χ1) is 16.9. The maximum absolute atomic E-state index is 14.2. The average Bonchev–Trinajstić information content (AvgIpc) is 3.54. The Bertz CT molecular complexity index is 1210. The van der Waals surface area contributed by atoms with Crippen molar-refractivity contribution in [2.75, 3.05) is 4.90 Å². The Morgan fingerprint density at radius 1 is 1.11 bits per heavy atom. The zero-order valence-electron chi connectivity index (χ0n) is 19.7. The molecule has 1 aliphatic rings. The van der Waals surface area contributed by atoms with Crippen LogP contribution >= 0.6 is 0 Å². The number of anilines is 1. The third kappa shape index (κ3) is 5.06. The summed E-state index contributed by atoms with van der Waals surface area (Å²) in [7, 11) is 0. The summed E-state index contributed by atoms with van der Waals surface area (Å²) in [6.07, 6.45) is 2.71. The van der Waals surface area contributed by atoms with E-state index in [4.69, 9.17) is 5.26 Å². The molecule has 0 aliphatic heterocycles. The zero-order valence-corrected chi connectivity index (χ0v) is 19.7. The lowest BCUT2D eigenvalue weighted by Gasteiger charge is -2.36. The fraction of sp³-hybridized carbons (Fsp3) is 0.385. The Morgan fingerprint density at radius 2 is 1.77 bits per heavy atom. The van der Waals surface area contributed by atoms with Gasteiger partial charge in [-0.05, 0) is 53.5 Å². The van der Waals surface area contributed by atoms with E-state index >= 15 is 0 Å². The van der Waals surface area contributed by atoms with Crippen molar-refractivity contribution in [1.82, 2.24) is 20.2 Å². The van der Waals surface area contributed by atoms with Gasteiger partial charge in [0.1, 0.15) is 0 Å². The summed E-state index contributed by atoms with van der Waals surface area (Å²) >= 11 is 0. The largest absolute Gasteiger partial charge is 0.481 e. The van der Waals surface area contributed by atoms with Gasteiger partial charge in [-0.2, -0.15) is 5.26 Å².